The summed E-state index contributed by atoms with van der Waals surface area (Å²) in [6.45, 7) is 6.38. The average molecular weight is 458 g/mol. The van der Waals surface area contributed by atoms with Gasteiger partial charge in [0.05, 0.1) is 5.69 Å². The van der Waals surface area contributed by atoms with Crippen molar-refractivity contribution in [3.8, 4) is 0 Å². The van der Waals surface area contributed by atoms with Gasteiger partial charge in [-0.3, -0.25) is 14.4 Å². The molecule has 4 rings (SSSR count). The number of nitrogens with zero attached hydrogens (tertiary/aromatic N) is 2. The molecule has 0 radical (unpaired) electrons. The minimum absolute atomic E-state index is 0.00542. The van der Waals surface area contributed by atoms with Crippen molar-refractivity contribution in [3.05, 3.63) is 77.9 Å². The third-order valence-corrected chi connectivity index (χ3v) is 6.22. The highest BCUT2D eigenvalue weighted by Gasteiger charge is 2.30. The first-order chi connectivity index (χ1) is 16.4. The van der Waals surface area contributed by atoms with Gasteiger partial charge in [0.25, 0.3) is 5.91 Å². The number of hydrogen-bond acceptors (Lipinski definition) is 3. The zero-order chi connectivity index (χ0) is 24.2. The molecule has 6 nitrogen and oxygen atoms in total. The van der Waals surface area contributed by atoms with Crippen LogP contribution in [0, 0.1) is 0 Å². The Bertz CT molecular complexity index is 1200. The number of hydrogen-bond donors (Lipinski definition) is 1. The van der Waals surface area contributed by atoms with Crippen LogP contribution >= 0.6 is 0 Å². The lowest BCUT2D eigenvalue weighted by Crippen LogP contribution is -2.49. The molecule has 1 atom stereocenters. The Morgan fingerprint density at radius 2 is 1.65 bits per heavy atom. The maximum absolute atomic E-state index is 13.3. The maximum atomic E-state index is 13.3. The quantitative estimate of drug-likeness (QED) is 0.514. The zero-order valence-corrected chi connectivity index (χ0v) is 20.0. The van der Waals surface area contributed by atoms with Gasteiger partial charge in [-0.15, -0.1) is 0 Å². The fourth-order valence-electron chi connectivity index (χ4n) is 4.50. The average Bonchev–Trinajstić information content (AvgIpc) is 3.10. The highest BCUT2D eigenvalue weighted by molar-refractivity contribution is 6.25. The summed E-state index contributed by atoms with van der Waals surface area (Å²) in [7, 11) is 0. The summed E-state index contributed by atoms with van der Waals surface area (Å²) in [6.07, 6.45) is 0.765. The van der Waals surface area contributed by atoms with Crippen LogP contribution in [0.3, 0.4) is 0 Å². The van der Waals surface area contributed by atoms with E-state index in [9.17, 15) is 14.4 Å². The number of rotatable bonds is 9. The molecule has 1 N–H and O–H groups in total. The lowest BCUT2D eigenvalue weighted by atomic mass is 10.1. The third kappa shape index (κ3) is 4.81. The van der Waals surface area contributed by atoms with Gasteiger partial charge in [0.1, 0.15) is 6.04 Å². The van der Waals surface area contributed by atoms with Crippen LogP contribution in [0.4, 0.5) is 5.69 Å². The Kier molecular flexibility index (Phi) is 6.96. The van der Waals surface area contributed by atoms with Crippen molar-refractivity contribution in [3.63, 3.8) is 0 Å². The third-order valence-electron chi connectivity index (χ3n) is 6.22. The smallest absolute Gasteiger partial charge is 0.258 e. The Balaban J connectivity index is 1.45. The highest BCUT2D eigenvalue weighted by Crippen LogP contribution is 2.37. The van der Waals surface area contributed by atoms with E-state index in [0.717, 1.165) is 22.0 Å². The standard InChI is InChI=1S/C28H31N3O3/c1-19(2)29-27(33)20(3)31(18-21-10-5-4-6-11-21)25(32)16-9-17-30-24-15-8-13-22-12-7-14-23(26(22)24)28(30)34/h4-8,10-15,19-20H,9,16-18H2,1-3H3,(H,29,33)/t20-/m1/s1. The topological polar surface area (TPSA) is 69.7 Å². The first-order valence-electron chi connectivity index (χ1n) is 11.8. The molecule has 0 aliphatic carbocycles. The van der Waals surface area contributed by atoms with E-state index in [-0.39, 0.29) is 30.2 Å². The predicted octanol–water partition coefficient (Wildman–Crippen LogP) is 4.52. The largest absolute Gasteiger partial charge is 0.352 e. The lowest BCUT2D eigenvalue weighted by molar-refractivity contribution is -0.140. The van der Waals surface area contributed by atoms with Gasteiger partial charge in [0.15, 0.2) is 0 Å². The van der Waals surface area contributed by atoms with Gasteiger partial charge in [-0.1, -0.05) is 54.6 Å². The van der Waals surface area contributed by atoms with Gasteiger partial charge in [0.2, 0.25) is 11.8 Å². The molecule has 0 saturated heterocycles. The molecule has 3 aromatic rings. The molecule has 1 heterocycles. The monoisotopic (exact) mass is 457 g/mol. The molecular formula is C28H31N3O3. The van der Waals surface area contributed by atoms with Gasteiger partial charge in [-0.2, -0.15) is 0 Å². The summed E-state index contributed by atoms with van der Waals surface area (Å²) in [6, 6.07) is 20.8. The first-order valence-corrected chi connectivity index (χ1v) is 11.8. The molecule has 3 aromatic carbocycles. The highest BCUT2D eigenvalue weighted by atomic mass is 16.2. The SMILES string of the molecule is CC(C)NC(=O)[C@@H](C)N(Cc1ccccc1)C(=O)CCCN1C(=O)c2cccc3cccc1c23. The fourth-order valence-corrected chi connectivity index (χ4v) is 4.50. The van der Waals surface area contributed by atoms with Crippen molar-refractivity contribution in [2.24, 2.45) is 0 Å². The second kappa shape index (κ2) is 10.1. The van der Waals surface area contributed by atoms with E-state index in [0.29, 0.717) is 25.1 Å². The second-order valence-electron chi connectivity index (χ2n) is 9.09. The van der Waals surface area contributed by atoms with Crippen molar-refractivity contribution in [2.75, 3.05) is 11.4 Å². The summed E-state index contributed by atoms with van der Waals surface area (Å²) >= 11 is 0. The Labute approximate surface area is 200 Å². The molecule has 0 spiro atoms. The molecule has 0 aromatic heterocycles. The van der Waals surface area contributed by atoms with E-state index in [2.05, 4.69) is 5.32 Å². The number of carbonyl (C=O) groups excluding carboxylic acids is 3. The molecule has 0 unspecified atom stereocenters. The van der Waals surface area contributed by atoms with E-state index >= 15 is 0 Å². The molecular weight excluding hydrogens is 426 g/mol. The van der Waals surface area contributed by atoms with Crippen LogP contribution in [0.5, 0.6) is 0 Å². The van der Waals surface area contributed by atoms with Gasteiger partial charge < -0.3 is 15.1 Å². The maximum Gasteiger partial charge on any atom is 0.258 e. The number of amides is 3. The van der Waals surface area contributed by atoms with Crippen LogP contribution in [0.1, 0.15) is 49.5 Å². The normalized spacial score (nSPS) is 13.4. The molecule has 0 bridgehead atoms. The Morgan fingerprint density at radius 1 is 0.941 bits per heavy atom. The molecule has 0 fully saturated rings. The van der Waals surface area contributed by atoms with E-state index in [1.165, 1.54) is 0 Å². The summed E-state index contributed by atoms with van der Waals surface area (Å²) in [5.74, 6) is -0.293. The van der Waals surface area contributed by atoms with Crippen LogP contribution in [0.15, 0.2) is 66.7 Å². The van der Waals surface area contributed by atoms with Crippen LogP contribution in [-0.2, 0) is 16.1 Å². The lowest BCUT2D eigenvalue weighted by Gasteiger charge is -2.29. The molecule has 1 aliphatic heterocycles. The summed E-state index contributed by atoms with van der Waals surface area (Å²) in [5.41, 5.74) is 2.58. The second-order valence-corrected chi connectivity index (χ2v) is 9.09. The van der Waals surface area contributed by atoms with E-state index in [1.807, 2.05) is 80.6 Å². The number of anilines is 1. The molecule has 0 saturated carbocycles. The van der Waals surface area contributed by atoms with Crippen LogP contribution in [0.2, 0.25) is 0 Å². The Hall–Kier alpha value is -3.67. The van der Waals surface area contributed by atoms with Crippen molar-refractivity contribution < 1.29 is 14.4 Å². The number of carbonyl (C=O) groups is 3. The summed E-state index contributed by atoms with van der Waals surface area (Å²) in [5, 5.41) is 4.93. The minimum atomic E-state index is -0.596. The van der Waals surface area contributed by atoms with Crippen molar-refractivity contribution in [1.29, 1.82) is 0 Å². The summed E-state index contributed by atoms with van der Waals surface area (Å²) < 4.78 is 0. The van der Waals surface area contributed by atoms with Crippen molar-refractivity contribution >= 4 is 34.2 Å². The van der Waals surface area contributed by atoms with Crippen LogP contribution < -0.4 is 10.2 Å². The fraction of sp³-hybridized carbons (Fsp3) is 0.321. The molecule has 176 valence electrons. The first kappa shape index (κ1) is 23.5. The molecule has 1 aliphatic rings. The van der Waals surface area contributed by atoms with Crippen molar-refractivity contribution in [2.45, 2.75) is 52.2 Å². The number of benzene rings is 3. The van der Waals surface area contributed by atoms with E-state index in [1.54, 1.807) is 16.7 Å². The summed E-state index contributed by atoms with van der Waals surface area (Å²) in [4.78, 5) is 42.4. The van der Waals surface area contributed by atoms with E-state index < -0.39 is 6.04 Å². The van der Waals surface area contributed by atoms with Crippen molar-refractivity contribution in [1.82, 2.24) is 10.2 Å². The predicted molar refractivity (Wildman–Crippen MR) is 135 cm³/mol. The Morgan fingerprint density at radius 3 is 2.35 bits per heavy atom. The zero-order valence-electron chi connectivity index (χ0n) is 20.0. The van der Waals surface area contributed by atoms with Gasteiger partial charge in [-0.05, 0) is 50.3 Å². The molecule has 3 amide bonds. The number of nitrogens with one attached hydrogen (secondary N) is 1. The van der Waals surface area contributed by atoms with Gasteiger partial charge in [0, 0.05) is 36.5 Å². The van der Waals surface area contributed by atoms with Gasteiger partial charge in [-0.25, -0.2) is 0 Å². The molecule has 34 heavy (non-hydrogen) atoms. The van der Waals surface area contributed by atoms with E-state index in [4.69, 9.17) is 0 Å². The molecule has 6 heteroatoms. The minimum Gasteiger partial charge on any atom is -0.352 e. The van der Waals surface area contributed by atoms with Crippen LogP contribution in [0.25, 0.3) is 10.8 Å². The van der Waals surface area contributed by atoms with Crippen LogP contribution in [-0.4, -0.2) is 41.2 Å². The van der Waals surface area contributed by atoms with Gasteiger partial charge >= 0.3 is 0 Å².